The molecule has 3 nitrogen and oxygen atoms in total. The highest BCUT2D eigenvalue weighted by Gasteiger charge is 2.12. The lowest BCUT2D eigenvalue weighted by Gasteiger charge is -2.12. The van der Waals surface area contributed by atoms with Crippen LogP contribution in [-0.2, 0) is 0 Å². The predicted molar refractivity (Wildman–Crippen MR) is 99.3 cm³/mol. The van der Waals surface area contributed by atoms with Gasteiger partial charge in [-0.25, -0.2) is 0 Å². The molecular formula is C18H15N3S2. The molecule has 0 aliphatic carbocycles. The van der Waals surface area contributed by atoms with Gasteiger partial charge in [0.25, 0.3) is 0 Å². The molecule has 0 amide bonds. The lowest BCUT2D eigenvalue weighted by atomic mass is 10.1. The van der Waals surface area contributed by atoms with Gasteiger partial charge in [-0.3, -0.25) is 4.98 Å². The topological polar surface area (TPSA) is 39.9 Å². The Kier molecular flexibility index (Phi) is 4.37. The largest absolute Gasteiger partial charge is 0.378 e. The van der Waals surface area contributed by atoms with Crippen molar-refractivity contribution in [2.24, 2.45) is 0 Å². The van der Waals surface area contributed by atoms with Crippen LogP contribution in [-0.4, -0.2) is 19.1 Å². The molecule has 0 saturated carbocycles. The summed E-state index contributed by atoms with van der Waals surface area (Å²) in [5.74, 6) is 0. The molecule has 0 radical (unpaired) electrons. The third kappa shape index (κ3) is 3.09. The van der Waals surface area contributed by atoms with Gasteiger partial charge in [0.05, 0.1) is 5.56 Å². The van der Waals surface area contributed by atoms with E-state index in [9.17, 15) is 5.26 Å². The molecule has 2 heterocycles. The molecular weight excluding hydrogens is 322 g/mol. The number of anilines is 1. The Morgan fingerprint density at radius 2 is 1.74 bits per heavy atom. The summed E-state index contributed by atoms with van der Waals surface area (Å²) in [5, 5.41) is 9.29. The van der Waals surface area contributed by atoms with Crippen molar-refractivity contribution in [2.45, 2.75) is 4.90 Å². The quantitative estimate of drug-likeness (QED) is 0.704. The molecule has 0 atom stereocenters. The summed E-state index contributed by atoms with van der Waals surface area (Å²) in [4.78, 5) is 9.03. The number of nitriles is 1. The summed E-state index contributed by atoms with van der Waals surface area (Å²) in [6.45, 7) is 0. The molecule has 0 bridgehead atoms. The van der Waals surface area contributed by atoms with E-state index in [1.807, 2.05) is 20.2 Å². The second-order valence-corrected chi connectivity index (χ2v) is 6.86. The summed E-state index contributed by atoms with van der Waals surface area (Å²) in [6.07, 6.45) is 3.25. The van der Waals surface area contributed by atoms with Crippen molar-refractivity contribution < 1.29 is 0 Å². The summed E-state index contributed by atoms with van der Waals surface area (Å²) in [7, 11) is 4.05. The van der Waals surface area contributed by atoms with Crippen LogP contribution in [0, 0.1) is 11.3 Å². The van der Waals surface area contributed by atoms with E-state index in [0.717, 1.165) is 15.3 Å². The van der Waals surface area contributed by atoms with Gasteiger partial charge in [0.1, 0.15) is 6.07 Å². The van der Waals surface area contributed by atoms with E-state index in [2.05, 4.69) is 58.9 Å². The predicted octanol–water partition coefficient (Wildman–Crippen LogP) is 4.70. The highest BCUT2D eigenvalue weighted by Crippen LogP contribution is 2.38. The van der Waals surface area contributed by atoms with Crippen molar-refractivity contribution in [1.82, 2.24) is 4.98 Å². The van der Waals surface area contributed by atoms with Crippen molar-refractivity contribution in [3.8, 4) is 27.0 Å². The second kappa shape index (κ2) is 6.45. The second-order valence-electron chi connectivity index (χ2n) is 5.30. The molecule has 0 spiro atoms. The Bertz CT molecular complexity index is 874. The van der Waals surface area contributed by atoms with Crippen molar-refractivity contribution >= 4 is 29.7 Å². The maximum Gasteiger partial charge on any atom is 0.101 e. The van der Waals surface area contributed by atoms with E-state index in [1.165, 1.54) is 16.1 Å². The molecule has 0 unspecified atom stereocenters. The van der Waals surface area contributed by atoms with Gasteiger partial charge < -0.3 is 4.90 Å². The fourth-order valence-electron chi connectivity index (χ4n) is 2.34. The first kappa shape index (κ1) is 15.6. The Morgan fingerprint density at radius 3 is 2.39 bits per heavy atom. The Hall–Kier alpha value is -2.29. The monoisotopic (exact) mass is 337 g/mol. The third-order valence-corrected chi connectivity index (χ3v) is 5.06. The Morgan fingerprint density at radius 1 is 1.04 bits per heavy atom. The van der Waals surface area contributed by atoms with E-state index < -0.39 is 0 Å². The van der Waals surface area contributed by atoms with E-state index in [0.29, 0.717) is 5.56 Å². The number of rotatable bonds is 3. The summed E-state index contributed by atoms with van der Waals surface area (Å²) < 4.78 is 0. The Balaban J connectivity index is 2.00. The molecule has 1 aromatic carbocycles. The standard InChI is InChI=1S/C18H15N3S2/c1-21(2)14-5-3-12(4-6-14)16-7-8-17(23-16)18-13(9-19)10-20-11-15(18)22/h3-8,10-11,22H,1-2H3. The van der Waals surface area contributed by atoms with Crippen LogP contribution in [0.4, 0.5) is 5.69 Å². The van der Waals surface area contributed by atoms with E-state index >= 15 is 0 Å². The SMILES string of the molecule is CN(C)c1ccc(-c2ccc(-c3c(S)cncc3C#N)s2)cc1. The highest BCUT2D eigenvalue weighted by molar-refractivity contribution is 7.80. The summed E-state index contributed by atoms with van der Waals surface area (Å²) in [5.41, 5.74) is 3.74. The van der Waals surface area contributed by atoms with Crippen LogP contribution in [0.15, 0.2) is 53.7 Å². The first-order valence-corrected chi connectivity index (χ1v) is 8.31. The summed E-state index contributed by atoms with van der Waals surface area (Å²) in [6, 6.07) is 14.8. The van der Waals surface area contributed by atoms with Gasteiger partial charge in [0.15, 0.2) is 0 Å². The lowest BCUT2D eigenvalue weighted by molar-refractivity contribution is 1.13. The fraction of sp³-hybridized carbons (Fsp3) is 0.111. The Labute approximate surface area is 145 Å². The number of nitrogens with zero attached hydrogens (tertiary/aromatic N) is 3. The smallest absolute Gasteiger partial charge is 0.101 e. The van der Waals surface area contributed by atoms with E-state index in [-0.39, 0.29) is 0 Å². The number of thiophene rings is 1. The molecule has 114 valence electrons. The van der Waals surface area contributed by atoms with Crippen molar-refractivity contribution in [3.05, 3.63) is 54.4 Å². The van der Waals surface area contributed by atoms with Crippen LogP contribution in [0.2, 0.25) is 0 Å². The van der Waals surface area contributed by atoms with Crippen molar-refractivity contribution in [2.75, 3.05) is 19.0 Å². The van der Waals surface area contributed by atoms with Gasteiger partial charge in [-0.05, 0) is 29.8 Å². The van der Waals surface area contributed by atoms with Crippen LogP contribution in [0.1, 0.15) is 5.56 Å². The van der Waals surface area contributed by atoms with E-state index in [4.69, 9.17) is 0 Å². The van der Waals surface area contributed by atoms with Gasteiger partial charge in [-0.2, -0.15) is 5.26 Å². The molecule has 3 aromatic rings. The van der Waals surface area contributed by atoms with Gasteiger partial charge >= 0.3 is 0 Å². The minimum atomic E-state index is 0.550. The molecule has 5 heteroatoms. The first-order chi connectivity index (χ1) is 11.1. The average Bonchev–Trinajstić information content (AvgIpc) is 3.04. The van der Waals surface area contributed by atoms with Crippen LogP contribution >= 0.6 is 24.0 Å². The minimum absolute atomic E-state index is 0.550. The molecule has 0 fully saturated rings. The van der Waals surface area contributed by atoms with Gasteiger partial charge in [-0.15, -0.1) is 24.0 Å². The number of hydrogen-bond donors (Lipinski definition) is 1. The maximum atomic E-state index is 9.29. The molecule has 0 aliphatic heterocycles. The zero-order valence-electron chi connectivity index (χ0n) is 12.8. The zero-order chi connectivity index (χ0) is 16.4. The van der Waals surface area contributed by atoms with Crippen LogP contribution < -0.4 is 4.90 Å². The van der Waals surface area contributed by atoms with Crippen molar-refractivity contribution in [3.63, 3.8) is 0 Å². The number of aromatic nitrogens is 1. The van der Waals surface area contributed by atoms with Crippen LogP contribution in [0.25, 0.3) is 20.9 Å². The summed E-state index contributed by atoms with van der Waals surface area (Å²) >= 11 is 6.11. The van der Waals surface area contributed by atoms with Crippen LogP contribution in [0.3, 0.4) is 0 Å². The number of hydrogen-bond acceptors (Lipinski definition) is 5. The zero-order valence-corrected chi connectivity index (χ0v) is 14.5. The van der Waals surface area contributed by atoms with Crippen molar-refractivity contribution in [1.29, 1.82) is 5.26 Å². The number of thiol groups is 1. The molecule has 23 heavy (non-hydrogen) atoms. The maximum absolute atomic E-state index is 9.29. The fourth-order valence-corrected chi connectivity index (χ4v) is 3.81. The molecule has 2 aromatic heterocycles. The van der Waals surface area contributed by atoms with Gasteiger partial charge in [-0.1, -0.05) is 12.1 Å². The highest BCUT2D eigenvalue weighted by atomic mass is 32.1. The first-order valence-electron chi connectivity index (χ1n) is 7.05. The normalized spacial score (nSPS) is 10.3. The van der Waals surface area contributed by atoms with Gasteiger partial charge in [0.2, 0.25) is 0 Å². The van der Waals surface area contributed by atoms with Crippen LogP contribution in [0.5, 0.6) is 0 Å². The lowest BCUT2D eigenvalue weighted by Crippen LogP contribution is -2.07. The number of benzene rings is 1. The third-order valence-electron chi connectivity index (χ3n) is 3.57. The van der Waals surface area contributed by atoms with E-state index in [1.54, 1.807) is 23.7 Å². The van der Waals surface area contributed by atoms with Gasteiger partial charge in [0, 0.05) is 52.4 Å². The molecule has 0 saturated heterocycles. The number of pyridine rings is 1. The average molecular weight is 337 g/mol. The molecule has 0 N–H and O–H groups in total. The molecule has 0 aliphatic rings. The molecule has 3 rings (SSSR count). The minimum Gasteiger partial charge on any atom is -0.378 e.